The molecule has 0 radical (unpaired) electrons. The van der Waals surface area contributed by atoms with Gasteiger partial charge in [0, 0.05) is 10.5 Å². The Balaban J connectivity index is 1.96. The van der Waals surface area contributed by atoms with E-state index in [-0.39, 0.29) is 0 Å². The molecule has 0 bridgehead atoms. The minimum atomic E-state index is -1.34. The third-order valence-electron chi connectivity index (χ3n) is 3.99. The van der Waals surface area contributed by atoms with Crippen LogP contribution in [0.1, 0.15) is 64.2 Å². The predicted octanol–water partition coefficient (Wildman–Crippen LogP) is 5.76. The molecule has 0 aliphatic heterocycles. The summed E-state index contributed by atoms with van der Waals surface area (Å²) in [6.07, 6.45) is 13.4. The van der Waals surface area contributed by atoms with Crippen LogP contribution in [0, 0.1) is 0 Å². The van der Waals surface area contributed by atoms with Crippen LogP contribution in [0.25, 0.3) is 0 Å². The Kier molecular flexibility index (Phi) is 4.55. The van der Waals surface area contributed by atoms with Crippen molar-refractivity contribution in [1.82, 2.24) is 0 Å². The second-order valence-electron chi connectivity index (χ2n) is 5.07. The van der Waals surface area contributed by atoms with E-state index in [9.17, 15) is 0 Å². The SMILES string of the molecule is ClS(Cl)(C1CCCCC1)C1CCCCC1. The summed E-state index contributed by atoms with van der Waals surface area (Å²) in [5.41, 5.74) is 0. The van der Waals surface area contributed by atoms with Crippen LogP contribution in [0.4, 0.5) is 0 Å². The molecule has 15 heavy (non-hydrogen) atoms. The molecule has 3 heteroatoms. The zero-order valence-corrected chi connectivity index (χ0v) is 11.7. The van der Waals surface area contributed by atoms with Gasteiger partial charge in [0.25, 0.3) is 0 Å². The highest BCUT2D eigenvalue weighted by atomic mass is 36.0. The molecule has 0 spiro atoms. The Morgan fingerprint density at radius 3 is 1.27 bits per heavy atom. The molecule has 0 N–H and O–H groups in total. The Morgan fingerprint density at radius 2 is 0.933 bits per heavy atom. The van der Waals surface area contributed by atoms with Crippen molar-refractivity contribution in [2.24, 2.45) is 0 Å². The lowest BCUT2D eigenvalue weighted by molar-refractivity contribution is 0.492. The summed E-state index contributed by atoms with van der Waals surface area (Å²) >= 11 is 0. The maximum Gasteiger partial charge on any atom is 0.0147 e. The van der Waals surface area contributed by atoms with Crippen LogP contribution < -0.4 is 0 Å². The van der Waals surface area contributed by atoms with E-state index >= 15 is 0 Å². The van der Waals surface area contributed by atoms with Crippen LogP contribution in [0.3, 0.4) is 0 Å². The summed E-state index contributed by atoms with van der Waals surface area (Å²) in [5.74, 6) is 0. The average Bonchev–Trinajstić information content (AvgIpc) is 2.31. The fourth-order valence-corrected chi connectivity index (χ4v) is 7.64. The molecule has 0 unspecified atom stereocenters. The van der Waals surface area contributed by atoms with Gasteiger partial charge < -0.3 is 0 Å². The average molecular weight is 269 g/mol. The van der Waals surface area contributed by atoms with Crippen LogP contribution in [0.2, 0.25) is 0 Å². The molecule has 0 aromatic rings. The van der Waals surface area contributed by atoms with Crippen molar-refractivity contribution in [3.05, 3.63) is 0 Å². The van der Waals surface area contributed by atoms with Crippen LogP contribution in [0.15, 0.2) is 0 Å². The number of halogens is 2. The molecular formula is C12H22Cl2S. The van der Waals surface area contributed by atoms with Crippen LogP contribution in [-0.4, -0.2) is 10.5 Å². The first kappa shape index (κ1) is 12.4. The van der Waals surface area contributed by atoms with Gasteiger partial charge in [-0.15, -0.1) is 0 Å². The molecular weight excluding hydrogens is 247 g/mol. The Bertz CT molecular complexity index is 174. The van der Waals surface area contributed by atoms with Crippen molar-refractivity contribution in [2.45, 2.75) is 74.7 Å². The third-order valence-corrected chi connectivity index (χ3v) is 9.74. The van der Waals surface area contributed by atoms with Gasteiger partial charge in [0.15, 0.2) is 0 Å². The first-order valence-electron chi connectivity index (χ1n) is 6.41. The van der Waals surface area contributed by atoms with Gasteiger partial charge in [-0.1, -0.05) is 68.3 Å². The molecule has 0 nitrogen and oxygen atoms in total. The maximum atomic E-state index is 6.74. The van der Waals surface area contributed by atoms with E-state index < -0.39 is 8.46 Å². The molecule has 2 aliphatic rings. The van der Waals surface area contributed by atoms with E-state index in [0.717, 1.165) is 0 Å². The molecule has 2 aliphatic carbocycles. The summed E-state index contributed by atoms with van der Waals surface area (Å²) in [4.78, 5) is 0. The van der Waals surface area contributed by atoms with Crippen molar-refractivity contribution in [2.75, 3.05) is 0 Å². The zero-order valence-electron chi connectivity index (χ0n) is 9.39. The van der Waals surface area contributed by atoms with E-state index in [0.29, 0.717) is 10.5 Å². The van der Waals surface area contributed by atoms with E-state index in [1.54, 1.807) is 0 Å². The number of hydrogen-bond donors (Lipinski definition) is 0. The first-order valence-corrected chi connectivity index (χ1v) is 9.82. The van der Waals surface area contributed by atoms with Gasteiger partial charge in [0.2, 0.25) is 0 Å². The second kappa shape index (κ2) is 5.51. The highest BCUT2D eigenvalue weighted by Gasteiger charge is 2.38. The zero-order chi connectivity index (χ0) is 10.7. The monoisotopic (exact) mass is 268 g/mol. The molecule has 2 fully saturated rings. The van der Waals surface area contributed by atoms with Gasteiger partial charge >= 0.3 is 0 Å². The van der Waals surface area contributed by atoms with Crippen molar-refractivity contribution < 1.29 is 0 Å². The van der Waals surface area contributed by atoms with Crippen LogP contribution >= 0.6 is 29.8 Å². The molecule has 0 heterocycles. The topological polar surface area (TPSA) is 0 Å². The summed E-state index contributed by atoms with van der Waals surface area (Å²) in [6.45, 7) is 0. The van der Waals surface area contributed by atoms with E-state index in [2.05, 4.69) is 0 Å². The summed E-state index contributed by atoms with van der Waals surface area (Å²) in [7, 11) is 12.1. The van der Waals surface area contributed by atoms with Gasteiger partial charge in [0.05, 0.1) is 0 Å². The van der Waals surface area contributed by atoms with Crippen LogP contribution in [0.5, 0.6) is 0 Å². The smallest absolute Gasteiger partial charge is 0.0147 e. The van der Waals surface area contributed by atoms with Crippen molar-refractivity contribution in [1.29, 1.82) is 0 Å². The summed E-state index contributed by atoms with van der Waals surface area (Å²) in [5, 5.41) is 1.30. The Morgan fingerprint density at radius 1 is 0.600 bits per heavy atom. The molecule has 0 amide bonds. The predicted molar refractivity (Wildman–Crippen MR) is 73.0 cm³/mol. The lowest BCUT2D eigenvalue weighted by Gasteiger charge is -2.44. The van der Waals surface area contributed by atoms with Gasteiger partial charge in [-0.05, 0) is 25.7 Å². The molecule has 0 aromatic heterocycles. The van der Waals surface area contributed by atoms with Gasteiger partial charge in [-0.25, -0.2) is 0 Å². The molecule has 0 saturated heterocycles. The maximum absolute atomic E-state index is 6.74. The number of rotatable bonds is 2. The lowest BCUT2D eigenvalue weighted by atomic mass is 10.00. The van der Waals surface area contributed by atoms with Crippen molar-refractivity contribution in [3.8, 4) is 0 Å². The van der Waals surface area contributed by atoms with Gasteiger partial charge in [-0.3, -0.25) is 0 Å². The standard InChI is InChI=1S/C12H22Cl2S/c13-15(14,11-7-3-1-4-8-11)12-9-5-2-6-10-12/h11-12H,1-10H2. The van der Waals surface area contributed by atoms with E-state index in [4.69, 9.17) is 21.4 Å². The van der Waals surface area contributed by atoms with E-state index in [1.165, 1.54) is 64.2 Å². The summed E-state index contributed by atoms with van der Waals surface area (Å²) < 4.78 is 0. The molecule has 0 atom stereocenters. The van der Waals surface area contributed by atoms with E-state index in [1.807, 2.05) is 0 Å². The molecule has 90 valence electrons. The third kappa shape index (κ3) is 2.98. The van der Waals surface area contributed by atoms with Crippen LogP contribution in [-0.2, 0) is 0 Å². The van der Waals surface area contributed by atoms with Gasteiger partial charge in [-0.2, -0.15) is 0 Å². The minimum Gasteiger partial charge on any atom is -0.0786 e. The normalized spacial score (nSPS) is 27.9. The highest BCUT2D eigenvalue weighted by molar-refractivity contribution is 8.66. The van der Waals surface area contributed by atoms with Gasteiger partial charge in [0.1, 0.15) is 0 Å². The number of hydrogen-bond acceptors (Lipinski definition) is 0. The summed E-state index contributed by atoms with van der Waals surface area (Å²) in [6, 6.07) is 0. The second-order valence-corrected chi connectivity index (χ2v) is 11.0. The largest absolute Gasteiger partial charge is 0.0786 e. The molecule has 2 saturated carbocycles. The quantitative estimate of drug-likeness (QED) is 0.597. The molecule has 2 rings (SSSR count). The van der Waals surface area contributed by atoms with Crippen molar-refractivity contribution in [3.63, 3.8) is 0 Å². The molecule has 0 aromatic carbocycles. The Labute approximate surface area is 104 Å². The minimum absolute atomic E-state index is 0.651. The lowest BCUT2D eigenvalue weighted by Crippen LogP contribution is -2.25. The Hall–Kier alpha value is 0.930. The fourth-order valence-electron chi connectivity index (χ4n) is 3.03. The highest BCUT2D eigenvalue weighted by Crippen LogP contribution is 2.70. The van der Waals surface area contributed by atoms with Crippen molar-refractivity contribution >= 4 is 29.8 Å². The fraction of sp³-hybridized carbons (Fsp3) is 1.00. The first-order chi connectivity index (χ1) is 7.21.